The van der Waals surface area contributed by atoms with Crippen LogP contribution in [0.25, 0.3) is 0 Å². The molecule has 1 aromatic heterocycles. The summed E-state index contributed by atoms with van der Waals surface area (Å²) in [5.74, 6) is -1.40. The molecule has 2 rings (SSSR count). The molecule has 0 unspecified atom stereocenters. The highest BCUT2D eigenvalue weighted by Gasteiger charge is 2.28. The maximum absolute atomic E-state index is 11.3. The van der Waals surface area contributed by atoms with Gasteiger partial charge in [0.1, 0.15) is 16.5 Å². The lowest BCUT2D eigenvalue weighted by Gasteiger charge is -2.29. The molecule has 20 heavy (non-hydrogen) atoms. The van der Waals surface area contributed by atoms with Gasteiger partial charge in [-0.05, 0) is 25.0 Å². The molecule has 1 aliphatic carbocycles. The van der Waals surface area contributed by atoms with E-state index < -0.39 is 11.9 Å². The molecular formula is C13H16ClN3O3. The van der Waals surface area contributed by atoms with E-state index in [1.807, 2.05) is 0 Å². The number of halogens is 1. The van der Waals surface area contributed by atoms with E-state index in [0.29, 0.717) is 0 Å². The molecule has 1 fully saturated rings. The third kappa shape index (κ3) is 3.19. The van der Waals surface area contributed by atoms with Crippen molar-refractivity contribution in [2.75, 3.05) is 11.4 Å². The monoisotopic (exact) mass is 297 g/mol. The van der Waals surface area contributed by atoms with E-state index in [1.165, 1.54) is 12.1 Å². The number of aromatic carboxylic acids is 1. The van der Waals surface area contributed by atoms with Gasteiger partial charge in [-0.2, -0.15) is 0 Å². The Bertz CT molecular complexity index is 530. The number of carboxylic acid groups (broad SMARTS) is 1. The van der Waals surface area contributed by atoms with Crippen LogP contribution in [0.5, 0.6) is 0 Å². The Balaban J connectivity index is 2.43. The third-order valence-corrected chi connectivity index (χ3v) is 3.65. The van der Waals surface area contributed by atoms with Crippen LogP contribution in [0, 0.1) is 0 Å². The van der Waals surface area contributed by atoms with Crippen LogP contribution in [0.4, 0.5) is 5.82 Å². The minimum atomic E-state index is -1.10. The first-order valence-electron chi connectivity index (χ1n) is 6.44. The Morgan fingerprint density at radius 2 is 2.05 bits per heavy atom. The van der Waals surface area contributed by atoms with Crippen LogP contribution >= 0.6 is 11.6 Å². The summed E-state index contributed by atoms with van der Waals surface area (Å²) >= 11 is 5.86. The Morgan fingerprint density at radius 1 is 1.40 bits per heavy atom. The summed E-state index contributed by atoms with van der Waals surface area (Å²) in [6.45, 7) is -0.0573. The summed E-state index contributed by atoms with van der Waals surface area (Å²) in [6.07, 6.45) is 3.87. The Morgan fingerprint density at radius 3 is 2.60 bits per heavy atom. The van der Waals surface area contributed by atoms with Gasteiger partial charge in [0.25, 0.3) is 0 Å². The van der Waals surface area contributed by atoms with Crippen molar-refractivity contribution in [1.29, 1.82) is 0 Å². The average molecular weight is 298 g/mol. The van der Waals surface area contributed by atoms with Crippen molar-refractivity contribution in [1.82, 2.24) is 4.98 Å². The van der Waals surface area contributed by atoms with E-state index in [2.05, 4.69) is 4.98 Å². The summed E-state index contributed by atoms with van der Waals surface area (Å²) in [6, 6.07) is 2.90. The number of carboxylic acids is 1. The molecule has 0 spiro atoms. The highest BCUT2D eigenvalue weighted by atomic mass is 35.5. The Kier molecular flexibility index (Phi) is 4.44. The Hall–Kier alpha value is -1.82. The van der Waals surface area contributed by atoms with E-state index >= 15 is 0 Å². The van der Waals surface area contributed by atoms with Gasteiger partial charge in [-0.1, -0.05) is 24.4 Å². The molecule has 108 valence electrons. The number of hydrogen-bond donors (Lipinski definition) is 2. The number of carbonyl (C=O) groups is 2. The van der Waals surface area contributed by atoms with Crippen LogP contribution in [0.3, 0.4) is 0 Å². The van der Waals surface area contributed by atoms with Crippen molar-refractivity contribution in [3.63, 3.8) is 0 Å². The predicted molar refractivity (Wildman–Crippen MR) is 75.0 cm³/mol. The molecule has 0 radical (unpaired) electrons. The molecule has 1 aromatic rings. The van der Waals surface area contributed by atoms with E-state index in [1.54, 1.807) is 4.90 Å². The fourth-order valence-electron chi connectivity index (χ4n) is 2.57. The molecule has 0 aromatic carbocycles. The normalized spacial score (nSPS) is 15.2. The number of pyridine rings is 1. The quantitative estimate of drug-likeness (QED) is 0.806. The number of carbonyl (C=O) groups excluding carboxylic acids is 1. The van der Waals surface area contributed by atoms with Gasteiger partial charge >= 0.3 is 5.97 Å². The van der Waals surface area contributed by atoms with Crippen LogP contribution in [-0.2, 0) is 4.79 Å². The number of primary amides is 1. The lowest BCUT2D eigenvalue weighted by Crippen LogP contribution is -2.41. The number of nitrogens with two attached hydrogens (primary N) is 1. The van der Waals surface area contributed by atoms with Crippen molar-refractivity contribution in [2.45, 2.75) is 31.7 Å². The van der Waals surface area contributed by atoms with Gasteiger partial charge in [-0.25, -0.2) is 9.78 Å². The van der Waals surface area contributed by atoms with Crippen LogP contribution < -0.4 is 10.6 Å². The molecule has 0 aliphatic heterocycles. The summed E-state index contributed by atoms with van der Waals surface area (Å²) < 4.78 is 0. The fraction of sp³-hybridized carbons (Fsp3) is 0.462. The number of rotatable bonds is 5. The van der Waals surface area contributed by atoms with E-state index in [-0.39, 0.29) is 29.1 Å². The van der Waals surface area contributed by atoms with Crippen LogP contribution in [0.1, 0.15) is 36.0 Å². The number of aromatic nitrogens is 1. The zero-order valence-corrected chi connectivity index (χ0v) is 11.6. The molecule has 1 amide bonds. The first-order chi connectivity index (χ1) is 9.49. The van der Waals surface area contributed by atoms with Crippen molar-refractivity contribution >= 4 is 29.3 Å². The number of anilines is 1. The zero-order chi connectivity index (χ0) is 14.7. The van der Waals surface area contributed by atoms with Gasteiger partial charge in [0.2, 0.25) is 5.91 Å². The predicted octanol–water partition coefficient (Wildman–Crippen LogP) is 1.67. The number of amides is 1. The van der Waals surface area contributed by atoms with Crippen molar-refractivity contribution in [3.8, 4) is 0 Å². The van der Waals surface area contributed by atoms with Crippen molar-refractivity contribution < 1.29 is 14.7 Å². The first kappa shape index (κ1) is 14.6. The van der Waals surface area contributed by atoms with Gasteiger partial charge in [-0.15, -0.1) is 0 Å². The molecule has 1 heterocycles. The highest BCUT2D eigenvalue weighted by Crippen LogP contribution is 2.30. The molecule has 0 bridgehead atoms. The second-order valence-electron chi connectivity index (χ2n) is 4.84. The second kappa shape index (κ2) is 6.09. The summed E-state index contributed by atoms with van der Waals surface area (Å²) in [7, 11) is 0. The smallest absolute Gasteiger partial charge is 0.339 e. The van der Waals surface area contributed by atoms with Crippen molar-refractivity contribution in [2.24, 2.45) is 5.73 Å². The van der Waals surface area contributed by atoms with Gasteiger partial charge in [0, 0.05) is 6.04 Å². The summed E-state index contributed by atoms with van der Waals surface area (Å²) in [5, 5.41) is 9.45. The van der Waals surface area contributed by atoms with Crippen LogP contribution in [0.2, 0.25) is 5.15 Å². The number of nitrogens with zero attached hydrogens (tertiary/aromatic N) is 2. The minimum Gasteiger partial charge on any atom is -0.478 e. The molecule has 1 saturated carbocycles. The summed E-state index contributed by atoms with van der Waals surface area (Å²) in [4.78, 5) is 28.4. The SMILES string of the molecule is NC(=O)CN(c1nc(Cl)ccc1C(=O)O)C1CCCC1. The second-order valence-corrected chi connectivity index (χ2v) is 5.23. The van der Waals surface area contributed by atoms with Gasteiger partial charge in [0.15, 0.2) is 0 Å². The lowest BCUT2D eigenvalue weighted by atomic mass is 10.1. The van der Waals surface area contributed by atoms with Gasteiger partial charge < -0.3 is 15.7 Å². The minimum absolute atomic E-state index is 0.0301. The molecule has 6 nitrogen and oxygen atoms in total. The lowest BCUT2D eigenvalue weighted by molar-refractivity contribution is -0.116. The maximum atomic E-state index is 11.3. The highest BCUT2D eigenvalue weighted by molar-refractivity contribution is 6.29. The fourth-order valence-corrected chi connectivity index (χ4v) is 2.71. The summed E-state index contributed by atoms with van der Waals surface area (Å²) in [5.41, 5.74) is 5.30. The molecule has 3 N–H and O–H groups in total. The topological polar surface area (TPSA) is 96.5 Å². The zero-order valence-electron chi connectivity index (χ0n) is 10.9. The van der Waals surface area contributed by atoms with E-state index in [9.17, 15) is 14.7 Å². The average Bonchev–Trinajstić information content (AvgIpc) is 2.88. The van der Waals surface area contributed by atoms with E-state index in [4.69, 9.17) is 17.3 Å². The largest absolute Gasteiger partial charge is 0.478 e. The Labute approximate surface area is 121 Å². The van der Waals surface area contributed by atoms with Crippen LogP contribution in [-0.4, -0.2) is 34.6 Å². The van der Waals surface area contributed by atoms with Crippen molar-refractivity contribution in [3.05, 3.63) is 22.8 Å². The molecule has 0 saturated heterocycles. The molecule has 7 heteroatoms. The third-order valence-electron chi connectivity index (χ3n) is 3.44. The maximum Gasteiger partial charge on any atom is 0.339 e. The van der Waals surface area contributed by atoms with E-state index in [0.717, 1.165) is 25.7 Å². The number of hydrogen-bond acceptors (Lipinski definition) is 4. The first-order valence-corrected chi connectivity index (χ1v) is 6.81. The molecule has 1 aliphatic rings. The van der Waals surface area contributed by atoms with Crippen LogP contribution in [0.15, 0.2) is 12.1 Å². The van der Waals surface area contributed by atoms with Gasteiger partial charge in [0.05, 0.1) is 6.54 Å². The molecule has 0 atom stereocenters. The standard InChI is InChI=1S/C13H16ClN3O3/c14-10-6-5-9(13(19)20)12(16-10)17(7-11(15)18)8-3-1-2-4-8/h5-6,8H,1-4,7H2,(H2,15,18)(H,19,20). The molecular weight excluding hydrogens is 282 g/mol. The van der Waals surface area contributed by atoms with Gasteiger partial charge in [-0.3, -0.25) is 4.79 Å².